The van der Waals surface area contributed by atoms with Crippen LogP contribution in [0.25, 0.3) is 0 Å². The zero-order valence-electron chi connectivity index (χ0n) is 10.5. The lowest BCUT2D eigenvalue weighted by Gasteiger charge is -2.18. The Bertz CT molecular complexity index is 439. The number of nitrogens with zero attached hydrogens (tertiary/aromatic N) is 2. The van der Waals surface area contributed by atoms with Crippen LogP contribution in [-0.4, -0.2) is 20.7 Å². The van der Waals surface area contributed by atoms with E-state index in [0.717, 1.165) is 5.69 Å². The number of hydrogen-bond acceptors (Lipinski definition) is 3. The van der Waals surface area contributed by atoms with E-state index in [4.69, 9.17) is 18.0 Å². The van der Waals surface area contributed by atoms with Crippen molar-refractivity contribution in [3.05, 3.63) is 11.8 Å². The highest BCUT2D eigenvalue weighted by molar-refractivity contribution is 7.80. The highest BCUT2D eigenvalue weighted by Gasteiger charge is 2.25. The van der Waals surface area contributed by atoms with Crippen LogP contribution in [0.3, 0.4) is 0 Å². The summed E-state index contributed by atoms with van der Waals surface area (Å²) in [5, 5.41) is 6.94. The molecule has 94 valence electrons. The van der Waals surface area contributed by atoms with Crippen molar-refractivity contribution in [1.29, 1.82) is 0 Å². The van der Waals surface area contributed by atoms with Gasteiger partial charge in [0.2, 0.25) is 5.91 Å². The third kappa shape index (κ3) is 3.26. The molecule has 0 aromatic carbocycles. The van der Waals surface area contributed by atoms with Crippen LogP contribution < -0.4 is 11.1 Å². The van der Waals surface area contributed by atoms with E-state index in [1.807, 2.05) is 20.8 Å². The second-order valence-electron chi connectivity index (χ2n) is 4.41. The minimum Gasteiger partial charge on any atom is -0.393 e. The number of nitrogens with one attached hydrogen (secondary N) is 1. The average molecular weight is 254 g/mol. The maximum absolute atomic E-state index is 12.0. The smallest absolute Gasteiger partial charge is 0.235 e. The fraction of sp³-hybridized carbons (Fsp3) is 0.545. The van der Waals surface area contributed by atoms with Crippen molar-refractivity contribution in [2.24, 2.45) is 24.6 Å². The summed E-state index contributed by atoms with van der Waals surface area (Å²) in [5.74, 6) is 0.0759. The van der Waals surface area contributed by atoms with Gasteiger partial charge in [-0.1, -0.05) is 26.1 Å². The van der Waals surface area contributed by atoms with Gasteiger partial charge < -0.3 is 11.1 Å². The van der Waals surface area contributed by atoms with Crippen molar-refractivity contribution in [3.63, 3.8) is 0 Å². The molecule has 1 aromatic heterocycles. The molecule has 0 spiro atoms. The molecule has 0 saturated carbocycles. The quantitative estimate of drug-likeness (QED) is 0.793. The summed E-state index contributed by atoms with van der Waals surface area (Å²) in [6, 6.07) is 1.80. The normalized spacial score (nSPS) is 12.5. The minimum atomic E-state index is -0.458. The second-order valence-corrected chi connectivity index (χ2v) is 4.88. The molecule has 1 atom stereocenters. The number of hydrogen-bond donors (Lipinski definition) is 2. The molecule has 1 unspecified atom stereocenters. The monoisotopic (exact) mass is 254 g/mol. The molecule has 17 heavy (non-hydrogen) atoms. The summed E-state index contributed by atoms with van der Waals surface area (Å²) < 4.78 is 1.62. The summed E-state index contributed by atoms with van der Waals surface area (Å²) in [6.45, 7) is 5.69. The molecule has 1 heterocycles. The lowest BCUT2D eigenvalue weighted by Crippen LogP contribution is -2.37. The molecule has 0 saturated heterocycles. The van der Waals surface area contributed by atoms with Crippen molar-refractivity contribution in [2.45, 2.75) is 20.8 Å². The van der Waals surface area contributed by atoms with Crippen LogP contribution in [0.2, 0.25) is 0 Å². The SMILES string of the molecule is Cc1cc(NC(=O)C(C(N)=S)C(C)C)n(C)n1. The molecule has 0 fully saturated rings. The fourth-order valence-electron chi connectivity index (χ4n) is 1.69. The summed E-state index contributed by atoms with van der Waals surface area (Å²) in [4.78, 5) is 12.3. The van der Waals surface area contributed by atoms with E-state index in [1.165, 1.54) is 0 Å². The molecule has 1 rings (SSSR count). The molecule has 5 nitrogen and oxygen atoms in total. The number of amides is 1. The Labute approximate surface area is 106 Å². The maximum atomic E-state index is 12.0. The summed E-state index contributed by atoms with van der Waals surface area (Å²) >= 11 is 4.92. The molecule has 3 N–H and O–H groups in total. The molecule has 1 aromatic rings. The van der Waals surface area contributed by atoms with Crippen LogP contribution in [0.5, 0.6) is 0 Å². The van der Waals surface area contributed by atoms with Crippen molar-refractivity contribution in [1.82, 2.24) is 9.78 Å². The van der Waals surface area contributed by atoms with Crippen LogP contribution in [-0.2, 0) is 11.8 Å². The second kappa shape index (κ2) is 5.27. The van der Waals surface area contributed by atoms with Crippen molar-refractivity contribution >= 4 is 28.9 Å². The Kier molecular flexibility index (Phi) is 4.22. The predicted octanol–water partition coefficient (Wildman–Crippen LogP) is 1.23. The van der Waals surface area contributed by atoms with E-state index in [2.05, 4.69) is 10.4 Å². The largest absolute Gasteiger partial charge is 0.393 e. The lowest BCUT2D eigenvalue weighted by atomic mass is 9.95. The highest BCUT2D eigenvalue weighted by Crippen LogP contribution is 2.15. The van der Waals surface area contributed by atoms with Crippen molar-refractivity contribution in [3.8, 4) is 0 Å². The Morgan fingerprint density at radius 3 is 2.53 bits per heavy atom. The van der Waals surface area contributed by atoms with Crippen LogP contribution in [0, 0.1) is 18.8 Å². The number of rotatable bonds is 4. The Morgan fingerprint density at radius 1 is 1.59 bits per heavy atom. The van der Waals surface area contributed by atoms with Crippen molar-refractivity contribution in [2.75, 3.05) is 5.32 Å². The Hall–Kier alpha value is -1.43. The number of aryl methyl sites for hydroxylation is 2. The standard InChI is InChI=1S/C11H18N4OS/c1-6(2)9(10(12)17)11(16)13-8-5-7(3)14-15(8)4/h5-6,9H,1-4H3,(H2,12,17)(H,13,16). The van der Waals surface area contributed by atoms with E-state index in [0.29, 0.717) is 5.82 Å². The van der Waals surface area contributed by atoms with E-state index in [-0.39, 0.29) is 16.8 Å². The Balaban J connectivity index is 2.84. The molecule has 0 radical (unpaired) electrons. The molecule has 0 aliphatic heterocycles. The van der Waals surface area contributed by atoms with Gasteiger partial charge in [-0.05, 0) is 12.8 Å². The predicted molar refractivity (Wildman–Crippen MR) is 71.7 cm³/mol. The van der Waals surface area contributed by atoms with Gasteiger partial charge in [-0.15, -0.1) is 0 Å². The molecular weight excluding hydrogens is 236 g/mol. The number of anilines is 1. The zero-order valence-corrected chi connectivity index (χ0v) is 11.3. The van der Waals surface area contributed by atoms with Crippen LogP contribution in [0.4, 0.5) is 5.82 Å². The average Bonchev–Trinajstić information content (AvgIpc) is 2.43. The van der Waals surface area contributed by atoms with Gasteiger partial charge in [0, 0.05) is 13.1 Å². The minimum absolute atomic E-state index is 0.0711. The number of carbonyl (C=O) groups excluding carboxylic acids is 1. The number of thiocarbonyl (C=S) groups is 1. The van der Waals surface area contributed by atoms with Gasteiger partial charge in [0.15, 0.2) is 0 Å². The van der Waals surface area contributed by atoms with Gasteiger partial charge in [-0.3, -0.25) is 9.48 Å². The van der Waals surface area contributed by atoms with E-state index >= 15 is 0 Å². The first-order valence-corrected chi connectivity index (χ1v) is 5.84. The molecule has 1 amide bonds. The first-order chi connectivity index (χ1) is 7.82. The van der Waals surface area contributed by atoms with Gasteiger partial charge in [0.05, 0.1) is 16.6 Å². The van der Waals surface area contributed by atoms with Crippen LogP contribution in [0.1, 0.15) is 19.5 Å². The van der Waals surface area contributed by atoms with Crippen molar-refractivity contribution < 1.29 is 4.79 Å². The maximum Gasteiger partial charge on any atom is 0.235 e. The summed E-state index contributed by atoms with van der Waals surface area (Å²) in [6.07, 6.45) is 0. The third-order valence-electron chi connectivity index (χ3n) is 2.51. The highest BCUT2D eigenvalue weighted by atomic mass is 32.1. The van der Waals surface area contributed by atoms with Gasteiger partial charge in [-0.25, -0.2) is 0 Å². The van der Waals surface area contributed by atoms with E-state index < -0.39 is 5.92 Å². The molecule has 6 heteroatoms. The van der Waals surface area contributed by atoms with E-state index in [9.17, 15) is 4.79 Å². The van der Waals surface area contributed by atoms with E-state index in [1.54, 1.807) is 17.8 Å². The van der Waals surface area contributed by atoms with Gasteiger partial charge in [-0.2, -0.15) is 5.10 Å². The number of nitrogens with two attached hydrogens (primary N) is 1. The van der Waals surface area contributed by atoms with Gasteiger partial charge >= 0.3 is 0 Å². The first kappa shape index (κ1) is 13.6. The fourth-order valence-corrected chi connectivity index (χ4v) is 2.07. The molecule has 0 aliphatic rings. The Morgan fingerprint density at radius 2 is 2.18 bits per heavy atom. The van der Waals surface area contributed by atoms with Gasteiger partial charge in [0.1, 0.15) is 5.82 Å². The topological polar surface area (TPSA) is 72.9 Å². The number of aromatic nitrogens is 2. The molecule has 0 aliphatic carbocycles. The third-order valence-corrected chi connectivity index (χ3v) is 2.76. The first-order valence-electron chi connectivity index (χ1n) is 5.43. The molecular formula is C11H18N4OS. The molecule has 0 bridgehead atoms. The number of carbonyl (C=O) groups is 1. The summed E-state index contributed by atoms with van der Waals surface area (Å²) in [7, 11) is 1.77. The zero-order chi connectivity index (χ0) is 13.2. The van der Waals surface area contributed by atoms with Crippen LogP contribution in [0.15, 0.2) is 6.07 Å². The van der Waals surface area contributed by atoms with Crippen LogP contribution >= 0.6 is 12.2 Å². The summed E-state index contributed by atoms with van der Waals surface area (Å²) in [5.41, 5.74) is 6.43. The van der Waals surface area contributed by atoms with Gasteiger partial charge in [0.25, 0.3) is 0 Å². The lowest BCUT2D eigenvalue weighted by molar-refractivity contribution is -0.118.